The van der Waals surface area contributed by atoms with Crippen molar-refractivity contribution in [2.45, 2.75) is 32.1 Å². The number of benzene rings is 1. The highest BCUT2D eigenvalue weighted by molar-refractivity contribution is 6.31. The smallest absolute Gasteiger partial charge is 0.0897 e. The lowest BCUT2D eigenvalue weighted by atomic mass is 10.2. The molecule has 0 aliphatic carbocycles. The zero-order valence-corrected chi connectivity index (χ0v) is 12.9. The summed E-state index contributed by atoms with van der Waals surface area (Å²) in [7, 11) is 1.68. The van der Waals surface area contributed by atoms with E-state index in [9.17, 15) is 5.11 Å². The van der Waals surface area contributed by atoms with Crippen LogP contribution in [0, 0.1) is 0 Å². The van der Waals surface area contributed by atoms with Gasteiger partial charge in [-0.3, -0.25) is 0 Å². The van der Waals surface area contributed by atoms with E-state index in [1.165, 1.54) is 0 Å². The molecule has 0 heterocycles. The number of hydrogen-bond donors (Lipinski definition) is 2. The van der Waals surface area contributed by atoms with Gasteiger partial charge in [0.1, 0.15) is 0 Å². The number of methoxy groups -OCH3 is 1. The summed E-state index contributed by atoms with van der Waals surface area (Å²) in [5.41, 5.74) is 0.933. The van der Waals surface area contributed by atoms with Crippen LogP contribution in [0.4, 0.5) is 0 Å². The Labute approximate surface area is 126 Å². The molecule has 0 bridgehead atoms. The second-order valence-corrected chi connectivity index (χ2v) is 5.26. The lowest BCUT2D eigenvalue weighted by Gasteiger charge is -2.17. The molecule has 2 N–H and O–H groups in total. The van der Waals surface area contributed by atoms with Crippen LogP contribution in [0.2, 0.25) is 5.02 Å². The van der Waals surface area contributed by atoms with Gasteiger partial charge >= 0.3 is 0 Å². The summed E-state index contributed by atoms with van der Waals surface area (Å²) in [5.74, 6) is 0. The lowest BCUT2D eigenvalue weighted by Crippen LogP contribution is -2.36. The second kappa shape index (κ2) is 10.1. The predicted octanol–water partition coefficient (Wildman–Crippen LogP) is 2.23. The van der Waals surface area contributed by atoms with E-state index in [2.05, 4.69) is 12.2 Å². The molecule has 0 radical (unpaired) electrons. The first-order valence-corrected chi connectivity index (χ1v) is 7.22. The minimum atomic E-state index is -0.525. The van der Waals surface area contributed by atoms with Crippen LogP contribution in [0.3, 0.4) is 0 Å². The van der Waals surface area contributed by atoms with Crippen LogP contribution in [0.1, 0.15) is 18.9 Å². The van der Waals surface area contributed by atoms with E-state index in [0.717, 1.165) is 12.0 Å². The molecule has 0 saturated heterocycles. The summed E-state index contributed by atoms with van der Waals surface area (Å²) in [6.07, 6.45) is 0.395. The molecule has 1 rings (SSSR count). The van der Waals surface area contributed by atoms with E-state index in [1.54, 1.807) is 7.11 Å². The fourth-order valence-electron chi connectivity index (χ4n) is 1.71. The molecular formula is C15H24ClNO3. The van der Waals surface area contributed by atoms with Gasteiger partial charge in [0.15, 0.2) is 0 Å². The third-order valence-corrected chi connectivity index (χ3v) is 3.35. The summed E-state index contributed by atoms with van der Waals surface area (Å²) in [5, 5.41) is 13.7. The molecule has 0 aliphatic rings. The molecule has 1 aromatic rings. The van der Waals surface area contributed by atoms with Crippen LogP contribution in [0.15, 0.2) is 24.3 Å². The Morgan fingerprint density at radius 2 is 2.10 bits per heavy atom. The first-order chi connectivity index (χ1) is 9.63. The Bertz CT molecular complexity index is 376. The maximum Gasteiger partial charge on any atom is 0.0897 e. The largest absolute Gasteiger partial charge is 0.389 e. The van der Waals surface area contributed by atoms with Gasteiger partial charge in [0.2, 0.25) is 0 Å². The average Bonchev–Trinajstić information content (AvgIpc) is 2.45. The van der Waals surface area contributed by atoms with Gasteiger partial charge < -0.3 is 19.9 Å². The normalized spacial score (nSPS) is 14.2. The van der Waals surface area contributed by atoms with Crippen molar-refractivity contribution in [1.29, 1.82) is 0 Å². The number of nitrogens with one attached hydrogen (secondary N) is 1. The van der Waals surface area contributed by atoms with Gasteiger partial charge in [-0.05, 0) is 25.0 Å². The molecule has 0 aromatic heterocycles. The van der Waals surface area contributed by atoms with E-state index >= 15 is 0 Å². The number of ether oxygens (including phenoxy) is 2. The number of halogens is 1. The Hall–Kier alpha value is -0.650. The van der Waals surface area contributed by atoms with Crippen LogP contribution in [0.25, 0.3) is 0 Å². The van der Waals surface area contributed by atoms with E-state index in [-0.39, 0.29) is 6.61 Å². The molecular weight excluding hydrogens is 278 g/mol. The van der Waals surface area contributed by atoms with Gasteiger partial charge in [0.05, 0.1) is 19.3 Å². The molecule has 0 amide bonds. The Morgan fingerprint density at radius 1 is 1.35 bits per heavy atom. The van der Waals surface area contributed by atoms with Gasteiger partial charge in [0, 0.05) is 31.3 Å². The molecule has 0 spiro atoms. The van der Waals surface area contributed by atoms with E-state index in [1.807, 2.05) is 24.3 Å². The maximum atomic E-state index is 9.82. The molecule has 4 nitrogen and oxygen atoms in total. The molecule has 114 valence electrons. The maximum absolute atomic E-state index is 9.82. The molecule has 5 heteroatoms. The van der Waals surface area contributed by atoms with Crippen molar-refractivity contribution in [3.63, 3.8) is 0 Å². The zero-order valence-electron chi connectivity index (χ0n) is 12.1. The SMILES string of the molecule is COCCC(C)NCC(O)COCc1ccccc1Cl. The first kappa shape index (κ1) is 17.4. The number of aliphatic hydroxyl groups excluding tert-OH is 1. The Kier molecular flexibility index (Phi) is 8.82. The van der Waals surface area contributed by atoms with Crippen LogP contribution in [-0.2, 0) is 16.1 Å². The quantitative estimate of drug-likeness (QED) is 0.696. The number of aliphatic hydroxyl groups is 1. The molecule has 1 aromatic carbocycles. The highest BCUT2D eigenvalue weighted by Gasteiger charge is 2.08. The van der Waals surface area contributed by atoms with E-state index < -0.39 is 6.10 Å². The topological polar surface area (TPSA) is 50.7 Å². The van der Waals surface area contributed by atoms with Gasteiger partial charge in [-0.15, -0.1) is 0 Å². The van der Waals surface area contributed by atoms with Crippen LogP contribution >= 0.6 is 11.6 Å². The standard InChI is InChI=1S/C15H24ClNO3/c1-12(7-8-19-2)17-9-14(18)11-20-10-13-5-3-4-6-15(13)16/h3-6,12,14,17-18H,7-11H2,1-2H3. The van der Waals surface area contributed by atoms with Crippen molar-refractivity contribution < 1.29 is 14.6 Å². The summed E-state index contributed by atoms with van der Waals surface area (Å²) in [4.78, 5) is 0. The van der Waals surface area contributed by atoms with Crippen molar-refractivity contribution in [3.05, 3.63) is 34.9 Å². The van der Waals surface area contributed by atoms with Gasteiger partial charge in [-0.1, -0.05) is 29.8 Å². The highest BCUT2D eigenvalue weighted by Crippen LogP contribution is 2.15. The summed E-state index contributed by atoms with van der Waals surface area (Å²) < 4.78 is 10.5. The van der Waals surface area contributed by atoms with Gasteiger partial charge in [-0.25, -0.2) is 0 Å². The van der Waals surface area contributed by atoms with Gasteiger partial charge in [0.25, 0.3) is 0 Å². The molecule has 0 aliphatic heterocycles. The van der Waals surface area contributed by atoms with Crippen molar-refractivity contribution in [1.82, 2.24) is 5.32 Å². The fourth-order valence-corrected chi connectivity index (χ4v) is 1.90. The van der Waals surface area contributed by atoms with Crippen molar-refractivity contribution in [2.24, 2.45) is 0 Å². The van der Waals surface area contributed by atoms with Crippen molar-refractivity contribution >= 4 is 11.6 Å². The number of hydrogen-bond acceptors (Lipinski definition) is 4. The monoisotopic (exact) mass is 301 g/mol. The summed E-state index contributed by atoms with van der Waals surface area (Å²) in [6, 6.07) is 7.86. The molecule has 2 atom stereocenters. The molecule has 2 unspecified atom stereocenters. The van der Waals surface area contributed by atoms with Crippen molar-refractivity contribution in [2.75, 3.05) is 26.9 Å². The minimum absolute atomic E-state index is 0.287. The predicted molar refractivity (Wildman–Crippen MR) is 81.1 cm³/mol. The van der Waals surface area contributed by atoms with E-state index in [0.29, 0.717) is 30.8 Å². The second-order valence-electron chi connectivity index (χ2n) is 4.85. The highest BCUT2D eigenvalue weighted by atomic mass is 35.5. The minimum Gasteiger partial charge on any atom is -0.389 e. The van der Waals surface area contributed by atoms with E-state index in [4.69, 9.17) is 21.1 Å². The van der Waals surface area contributed by atoms with Crippen LogP contribution in [0.5, 0.6) is 0 Å². The van der Waals surface area contributed by atoms with Gasteiger partial charge in [-0.2, -0.15) is 0 Å². The third kappa shape index (κ3) is 7.22. The molecule has 20 heavy (non-hydrogen) atoms. The zero-order chi connectivity index (χ0) is 14.8. The summed E-state index contributed by atoms with van der Waals surface area (Å²) in [6.45, 7) is 3.99. The Balaban J connectivity index is 2.14. The third-order valence-electron chi connectivity index (χ3n) is 2.98. The van der Waals surface area contributed by atoms with Crippen LogP contribution < -0.4 is 5.32 Å². The van der Waals surface area contributed by atoms with Crippen LogP contribution in [-0.4, -0.2) is 44.1 Å². The average molecular weight is 302 g/mol. The lowest BCUT2D eigenvalue weighted by molar-refractivity contribution is 0.0274. The molecule has 0 fully saturated rings. The molecule has 0 saturated carbocycles. The van der Waals surface area contributed by atoms with Crippen molar-refractivity contribution in [3.8, 4) is 0 Å². The fraction of sp³-hybridized carbons (Fsp3) is 0.600. The number of rotatable bonds is 10. The first-order valence-electron chi connectivity index (χ1n) is 6.85. The Morgan fingerprint density at radius 3 is 2.80 bits per heavy atom. The summed E-state index contributed by atoms with van der Waals surface area (Å²) >= 11 is 6.02.